The van der Waals surface area contributed by atoms with E-state index in [-0.39, 0.29) is 145 Å². The maximum Gasteiger partial charge on any atom is 0.488 e. The minimum Gasteiger partial charge on any atom is -0.465 e. The summed E-state index contributed by atoms with van der Waals surface area (Å²) in [5.41, 5.74) is 22.9. The highest BCUT2D eigenvalue weighted by molar-refractivity contribution is 6.58. The van der Waals surface area contributed by atoms with Gasteiger partial charge < -0.3 is 51.3 Å². The normalized spacial score (nSPS) is 12.3. The molecule has 8 heterocycles. The molecule has 0 spiro atoms. The van der Waals surface area contributed by atoms with Crippen LogP contribution in [0.25, 0.3) is 33.8 Å². The summed E-state index contributed by atoms with van der Waals surface area (Å²) in [5, 5.41) is 24.3. The van der Waals surface area contributed by atoms with Gasteiger partial charge in [-0.3, -0.25) is 34.4 Å². The first-order chi connectivity index (χ1) is 61.1. The number of nitrogens with one attached hydrogen (secondary N) is 9. The molecule has 0 bridgehead atoms. The molecule has 0 saturated heterocycles. The number of esters is 1. The van der Waals surface area contributed by atoms with Gasteiger partial charge in [-0.25, -0.2) is 95.0 Å². The summed E-state index contributed by atoms with van der Waals surface area (Å²) in [6.07, 6.45) is 0. The van der Waals surface area contributed by atoms with Crippen molar-refractivity contribution in [3.05, 3.63) is 303 Å². The molecule has 0 aliphatic carbocycles. The Morgan fingerprint density at radius 3 is 1.03 bits per heavy atom. The van der Waals surface area contributed by atoms with Crippen LogP contribution in [0.1, 0.15) is 55.5 Å². The van der Waals surface area contributed by atoms with Gasteiger partial charge in [0.05, 0.1) is 98.8 Å². The van der Waals surface area contributed by atoms with Crippen molar-refractivity contribution < 1.29 is 114 Å². The molecule has 0 unspecified atom stereocenters. The molecule has 0 radical (unpaired) electrons. The maximum atomic E-state index is 14.5. The molecule has 0 fully saturated rings. The van der Waals surface area contributed by atoms with Crippen LogP contribution in [0.3, 0.4) is 0 Å². The summed E-state index contributed by atoms with van der Waals surface area (Å²) < 4.78 is 236. The average Bonchev–Trinajstić information content (AvgIpc) is 1.53. The van der Waals surface area contributed by atoms with Crippen molar-refractivity contribution >= 4 is 141 Å². The molecule has 0 atom stereocenters. The number of benzene rings is 8. The molecule has 664 valence electrons. The van der Waals surface area contributed by atoms with Crippen molar-refractivity contribution in [1.29, 1.82) is 0 Å². The lowest BCUT2D eigenvalue weighted by Gasteiger charge is -2.19. The smallest absolute Gasteiger partial charge is 0.465 e. The van der Waals surface area contributed by atoms with E-state index in [4.69, 9.17) is 68.1 Å². The quantitative estimate of drug-likeness (QED) is 0.00843. The predicted octanol–water partition coefficient (Wildman–Crippen LogP) is 16.3. The third kappa shape index (κ3) is 21.0. The van der Waals surface area contributed by atoms with E-state index in [1.807, 2.05) is 0 Å². The average molecular weight is 1890 g/mol. The Bertz CT molecular complexity index is 6230. The van der Waals surface area contributed by atoms with Crippen LogP contribution in [0.15, 0.2) is 146 Å². The molecule has 128 heavy (non-hydrogen) atoms. The van der Waals surface area contributed by atoms with Crippen LogP contribution in [-0.2, 0) is 51.8 Å². The van der Waals surface area contributed by atoms with Gasteiger partial charge in [-0.1, -0.05) is 58.0 Å². The number of hydrogen-bond acceptors (Lipinski definition) is 25. The number of rotatable bonds is 20. The van der Waals surface area contributed by atoms with Gasteiger partial charge in [0.15, 0.2) is 34.9 Å². The van der Waals surface area contributed by atoms with E-state index in [0.717, 1.165) is 92.0 Å². The molecule has 12 aromatic rings. The molecular weight excluding hydrogens is 1840 g/mol. The summed E-state index contributed by atoms with van der Waals surface area (Å²) in [4.78, 5) is 60.7. The zero-order chi connectivity index (χ0) is 92.4. The van der Waals surface area contributed by atoms with E-state index in [1.54, 1.807) is 37.3 Å². The second-order valence-corrected chi connectivity index (χ2v) is 28.4. The van der Waals surface area contributed by atoms with Crippen molar-refractivity contribution in [1.82, 2.24) is 47.4 Å². The van der Waals surface area contributed by atoms with E-state index in [1.165, 1.54) is 38.2 Å². The van der Waals surface area contributed by atoms with Crippen LogP contribution in [0.2, 0.25) is 25.2 Å². The van der Waals surface area contributed by atoms with Crippen molar-refractivity contribution in [2.75, 3.05) is 55.4 Å². The SMILES string of the molecule is CCNC(=O)c1c(F)cc(-c2ccc3c(n2)N(Cc2c(F)ccc(F)c2Cl)NN3)cc1F.COC(=O)c1c(F)cc(B(O)O)cc1F.Fc1ccc(F)c(CN2NNc3ccc(Cl)nc32)c1Cl.O=COCc1c(F)cc(-c2ccc3c(n2)N(Cc2c(F)ccc(F)c2Cl)NN3)cc1F.O=COc1c(F)cc(-c2ccc3c(n2)N(Cc2c(F)ccc(F)c2Cl)NN3)cc1F. The van der Waals surface area contributed by atoms with Crippen molar-refractivity contribution in [2.24, 2.45) is 0 Å². The fraction of sp³-hybridized carbons (Fsp3) is 0.100. The molecule has 4 aromatic heterocycles. The Balaban J connectivity index is 0.000000148. The van der Waals surface area contributed by atoms with Gasteiger partial charge in [0, 0.05) is 45.5 Å². The number of amides is 1. The van der Waals surface area contributed by atoms with Crippen LogP contribution in [0.5, 0.6) is 5.75 Å². The lowest BCUT2D eigenvalue weighted by atomic mass is 9.80. The Kier molecular flexibility index (Phi) is 30.1. The Morgan fingerprint density at radius 2 is 0.711 bits per heavy atom. The highest BCUT2D eigenvalue weighted by Crippen LogP contribution is 2.40. The standard InChI is InChI=1S/C21H16ClF4N5O.C20H13ClF4N4O2.C19H11ClF4N4O2.C12H8Cl2F2N4.C8H7BF2O4/c1-2-27-21(32)18-14(25)7-10(8-15(18)26)16-5-6-17-20(28-16)31(30-29-17)9-11-12(23)3-4-13(24)19(11)22;21-19-11(13(22)1-2-14(19)23)7-29-20-18(27-28-29)4-3-17(26-20)10-5-15(24)12(8-31-9-30)16(25)6-10;20-17-10(11(21)1-2-12(17)22)7-28-19-16(26-27-28)4-3-15(25-19)9-5-13(23)18(30-8-29)14(24)6-9;13-10-4-3-9-12(17-10)20(19-18-9)5-6-7(15)1-2-8(16)11(6)14;1-15-8(12)7-5(10)2-4(9(13)14)3-6(7)11/h3-8,29-30H,2,9H2,1H3,(H,27,32);1-6,9,27-28H,7-8H2;1-6,8,26-27H,7H2;1-4,18-19H,5H2;2-3,13-14H,1H3. The molecule has 4 aliphatic rings. The summed E-state index contributed by atoms with van der Waals surface area (Å²) >= 11 is 29.3. The monoisotopic (exact) mass is 1890 g/mol. The summed E-state index contributed by atoms with van der Waals surface area (Å²) in [6, 6.07) is 27.7. The molecule has 4 aliphatic heterocycles. The Hall–Kier alpha value is -13.2. The first-order valence-electron chi connectivity index (χ1n) is 36.3. The molecule has 16 rings (SSSR count). The molecule has 0 saturated carbocycles. The van der Waals surface area contributed by atoms with E-state index in [9.17, 15) is 89.4 Å². The van der Waals surface area contributed by atoms with Gasteiger partial charge >= 0.3 is 13.1 Å². The van der Waals surface area contributed by atoms with E-state index in [2.05, 4.69) is 83.3 Å². The molecule has 26 nitrogen and oxygen atoms in total. The van der Waals surface area contributed by atoms with Crippen LogP contribution in [0, 0.1) is 93.1 Å². The zero-order valence-corrected chi connectivity index (χ0v) is 68.4. The topological polar surface area (TPSA) is 309 Å². The lowest BCUT2D eigenvalue weighted by molar-refractivity contribution is -0.130. The highest BCUT2D eigenvalue weighted by Gasteiger charge is 2.32. The van der Waals surface area contributed by atoms with E-state index in [0.29, 0.717) is 45.9 Å². The number of methoxy groups -OCH3 is 1. The first kappa shape index (κ1) is 93.9. The highest BCUT2D eigenvalue weighted by atomic mass is 35.5. The fourth-order valence-corrected chi connectivity index (χ4v) is 13.2. The molecule has 11 N–H and O–H groups in total. The minimum atomic E-state index is -2.00. The van der Waals surface area contributed by atoms with Gasteiger partial charge in [0.25, 0.3) is 18.9 Å². The fourth-order valence-electron chi connectivity index (χ4n) is 12.2. The van der Waals surface area contributed by atoms with Gasteiger partial charge in [-0.2, -0.15) is 0 Å². The number of aromatic nitrogens is 4. The second-order valence-electron chi connectivity index (χ2n) is 26.5. The molecule has 1 amide bonds. The number of hydrogen-bond donors (Lipinski definition) is 11. The zero-order valence-electron chi connectivity index (χ0n) is 64.6. The Morgan fingerprint density at radius 1 is 0.398 bits per heavy atom. The molecule has 48 heteroatoms. The summed E-state index contributed by atoms with van der Waals surface area (Å²) in [5.74, 6) is -15.7. The third-order valence-corrected chi connectivity index (χ3v) is 20.3. The van der Waals surface area contributed by atoms with Gasteiger partial charge in [-0.15, -0.1) is 22.1 Å². The van der Waals surface area contributed by atoms with Gasteiger partial charge in [-0.05, 0) is 158 Å². The number of halogens is 21. The van der Waals surface area contributed by atoms with Gasteiger partial charge in [0.1, 0.15) is 104 Å². The van der Waals surface area contributed by atoms with Gasteiger partial charge in [0.2, 0.25) is 5.75 Å². The number of fused-ring (bicyclic) bond motifs is 4. The number of anilines is 8. The maximum absolute atomic E-state index is 14.5. The van der Waals surface area contributed by atoms with E-state index < -0.39 is 141 Å². The van der Waals surface area contributed by atoms with Crippen molar-refractivity contribution in [3.63, 3.8) is 0 Å². The largest absolute Gasteiger partial charge is 0.488 e. The number of pyridine rings is 4. The number of carbonyl (C=O) groups excluding carboxylic acids is 4. The van der Waals surface area contributed by atoms with Crippen LogP contribution in [-0.4, -0.2) is 75.6 Å². The minimum absolute atomic E-state index is 0.00420. The first-order valence-corrected chi connectivity index (χ1v) is 38.2. The number of ether oxygens (including phenoxy) is 3. The Labute approximate surface area is 736 Å². The van der Waals surface area contributed by atoms with E-state index >= 15 is 0 Å². The number of nitrogens with zero attached hydrogens (tertiary/aromatic N) is 8. The van der Waals surface area contributed by atoms with Crippen molar-refractivity contribution in [2.45, 2.75) is 39.7 Å². The second kappa shape index (κ2) is 41.1. The predicted molar refractivity (Wildman–Crippen MR) is 438 cm³/mol. The lowest BCUT2D eigenvalue weighted by Crippen LogP contribution is -2.36. The third-order valence-electron chi connectivity index (χ3n) is 18.5. The van der Waals surface area contributed by atoms with Crippen LogP contribution in [0.4, 0.5) is 116 Å². The molecular formula is C80H55BCl5F16N17O9. The summed E-state index contributed by atoms with van der Waals surface area (Å²) in [7, 11) is -1.02. The van der Waals surface area contributed by atoms with Crippen LogP contribution < -0.4 is 79.4 Å². The van der Waals surface area contributed by atoms with Crippen molar-refractivity contribution in [3.8, 4) is 39.5 Å². The number of hydrazine groups is 8. The number of carbonyl (C=O) groups is 4. The molecule has 8 aromatic carbocycles. The summed E-state index contributed by atoms with van der Waals surface area (Å²) in [6.45, 7) is 0.772. The van der Waals surface area contributed by atoms with Crippen LogP contribution >= 0.6 is 58.0 Å².